The number of ether oxygens (including phenoxy) is 1. The van der Waals surface area contributed by atoms with Crippen LogP contribution in [0.4, 0.5) is 14.5 Å². The zero-order valence-corrected chi connectivity index (χ0v) is 15.3. The molecule has 1 aromatic heterocycles. The molecule has 28 heavy (non-hydrogen) atoms. The molecule has 5 nitrogen and oxygen atoms in total. The summed E-state index contributed by atoms with van der Waals surface area (Å²) in [5.74, 6) is -3.02. The number of amides is 1. The van der Waals surface area contributed by atoms with Gasteiger partial charge in [-0.1, -0.05) is 23.7 Å². The molecule has 0 saturated carbocycles. The van der Waals surface area contributed by atoms with Gasteiger partial charge in [-0.15, -0.1) is 0 Å². The summed E-state index contributed by atoms with van der Waals surface area (Å²) in [6.07, 6.45) is -1.27. The number of benzene rings is 2. The number of hydrogen-bond donors (Lipinski definition) is 1. The van der Waals surface area contributed by atoms with Crippen LogP contribution in [0, 0.1) is 11.6 Å². The molecule has 144 valence electrons. The molecule has 0 unspecified atom stereocenters. The van der Waals surface area contributed by atoms with Gasteiger partial charge in [-0.3, -0.25) is 4.79 Å². The van der Waals surface area contributed by atoms with E-state index >= 15 is 0 Å². The molecule has 8 heteroatoms. The number of halogens is 3. The van der Waals surface area contributed by atoms with Gasteiger partial charge in [-0.2, -0.15) is 0 Å². The number of rotatable bonds is 5. The summed E-state index contributed by atoms with van der Waals surface area (Å²) in [5, 5.41) is 2.61. The van der Waals surface area contributed by atoms with E-state index < -0.39 is 29.6 Å². The molecule has 0 bridgehead atoms. The van der Waals surface area contributed by atoms with E-state index in [2.05, 4.69) is 5.32 Å². The molecule has 0 spiro atoms. The van der Waals surface area contributed by atoms with Crippen LogP contribution in [-0.4, -0.2) is 18.0 Å². The summed E-state index contributed by atoms with van der Waals surface area (Å²) in [4.78, 5) is 24.3. The van der Waals surface area contributed by atoms with Gasteiger partial charge in [0.05, 0.1) is 10.7 Å². The second-order valence-electron chi connectivity index (χ2n) is 5.80. The topological polar surface area (TPSA) is 68.5 Å². The Bertz CT molecular complexity index is 1030. The van der Waals surface area contributed by atoms with Crippen LogP contribution in [0.1, 0.15) is 17.5 Å². The van der Waals surface area contributed by atoms with Crippen molar-refractivity contribution in [2.24, 2.45) is 0 Å². The summed E-state index contributed by atoms with van der Waals surface area (Å²) in [5.41, 5.74) is 0.238. The van der Waals surface area contributed by atoms with E-state index in [1.807, 2.05) is 0 Å². The van der Waals surface area contributed by atoms with Gasteiger partial charge in [0.25, 0.3) is 5.91 Å². The Morgan fingerprint density at radius 2 is 1.86 bits per heavy atom. The lowest BCUT2D eigenvalue weighted by atomic mass is 10.2. The first-order valence-electron chi connectivity index (χ1n) is 8.17. The molecule has 0 aliphatic heterocycles. The standard InChI is InChI=1S/C20H14ClF2NO4/c1-11(19(25)24-16-10-12(22)6-7-15(16)23)27-20(26)18-9-8-17(28-18)13-4-2-3-5-14(13)21/h2-11H,1H3,(H,24,25)/t11-/m1/s1. The number of hydrogen-bond acceptors (Lipinski definition) is 4. The first-order chi connectivity index (χ1) is 13.3. The first kappa shape index (κ1) is 19.6. The third-order valence-corrected chi connectivity index (χ3v) is 4.12. The van der Waals surface area contributed by atoms with Crippen LogP contribution in [0.2, 0.25) is 5.02 Å². The van der Waals surface area contributed by atoms with Gasteiger partial charge in [0.1, 0.15) is 17.4 Å². The largest absolute Gasteiger partial charge is 0.449 e. The van der Waals surface area contributed by atoms with Gasteiger partial charge >= 0.3 is 5.97 Å². The Morgan fingerprint density at radius 1 is 1.11 bits per heavy atom. The van der Waals surface area contributed by atoms with E-state index in [1.165, 1.54) is 13.0 Å². The Labute approximate surface area is 163 Å². The van der Waals surface area contributed by atoms with Gasteiger partial charge in [-0.25, -0.2) is 13.6 Å². The van der Waals surface area contributed by atoms with Crippen LogP contribution >= 0.6 is 11.6 Å². The SMILES string of the molecule is C[C@@H](OC(=O)c1ccc(-c2ccccc2Cl)o1)C(=O)Nc1cc(F)ccc1F. The van der Waals surface area contributed by atoms with Crippen molar-refractivity contribution in [1.29, 1.82) is 0 Å². The zero-order chi connectivity index (χ0) is 20.3. The fourth-order valence-electron chi connectivity index (χ4n) is 2.35. The Morgan fingerprint density at radius 3 is 2.61 bits per heavy atom. The lowest BCUT2D eigenvalue weighted by Crippen LogP contribution is -2.30. The van der Waals surface area contributed by atoms with Crippen LogP contribution in [0.15, 0.2) is 59.0 Å². The van der Waals surface area contributed by atoms with Crippen molar-refractivity contribution in [3.63, 3.8) is 0 Å². The molecule has 1 N–H and O–H groups in total. The number of carbonyl (C=O) groups is 2. The minimum absolute atomic E-state index is 0.133. The van der Waals surface area contributed by atoms with Gasteiger partial charge in [-0.05, 0) is 43.3 Å². The summed E-state index contributed by atoms with van der Waals surface area (Å²) >= 11 is 6.09. The van der Waals surface area contributed by atoms with E-state index in [9.17, 15) is 18.4 Å². The predicted octanol–water partition coefficient (Wildman–Crippen LogP) is 5.06. The second kappa shape index (κ2) is 8.22. The smallest absolute Gasteiger partial charge is 0.375 e. The van der Waals surface area contributed by atoms with Gasteiger partial charge < -0.3 is 14.5 Å². The first-order valence-corrected chi connectivity index (χ1v) is 8.54. The van der Waals surface area contributed by atoms with Crippen molar-refractivity contribution < 1.29 is 27.5 Å². The van der Waals surface area contributed by atoms with Crippen molar-refractivity contribution in [1.82, 2.24) is 0 Å². The quantitative estimate of drug-likeness (QED) is 0.602. The molecule has 0 aliphatic rings. The van der Waals surface area contributed by atoms with Gasteiger partial charge in [0, 0.05) is 11.6 Å². The molecule has 3 aromatic rings. The highest BCUT2D eigenvalue weighted by atomic mass is 35.5. The second-order valence-corrected chi connectivity index (χ2v) is 6.21. The maximum Gasteiger partial charge on any atom is 0.375 e. The molecule has 2 aromatic carbocycles. The highest BCUT2D eigenvalue weighted by Crippen LogP contribution is 2.29. The monoisotopic (exact) mass is 405 g/mol. The summed E-state index contributed by atoms with van der Waals surface area (Å²) in [6.45, 7) is 1.29. The molecule has 0 aliphatic carbocycles. The average molecular weight is 406 g/mol. The molecule has 1 heterocycles. The zero-order valence-electron chi connectivity index (χ0n) is 14.5. The maximum absolute atomic E-state index is 13.6. The van der Waals surface area contributed by atoms with E-state index in [0.29, 0.717) is 16.3 Å². The number of anilines is 1. The molecular weight excluding hydrogens is 392 g/mol. The highest BCUT2D eigenvalue weighted by molar-refractivity contribution is 6.33. The third-order valence-electron chi connectivity index (χ3n) is 3.79. The fourth-order valence-corrected chi connectivity index (χ4v) is 2.58. The average Bonchev–Trinajstić information content (AvgIpc) is 3.15. The van der Waals surface area contributed by atoms with Crippen molar-refractivity contribution in [2.45, 2.75) is 13.0 Å². The van der Waals surface area contributed by atoms with E-state index in [-0.39, 0.29) is 11.4 Å². The lowest BCUT2D eigenvalue weighted by molar-refractivity contribution is -0.123. The fraction of sp³-hybridized carbons (Fsp3) is 0.100. The summed E-state index contributed by atoms with van der Waals surface area (Å²) < 4.78 is 37.3. The lowest BCUT2D eigenvalue weighted by Gasteiger charge is -2.13. The van der Waals surface area contributed by atoms with Crippen molar-refractivity contribution in [3.05, 3.63) is 77.0 Å². The van der Waals surface area contributed by atoms with E-state index in [4.69, 9.17) is 20.8 Å². The minimum Gasteiger partial charge on any atom is -0.449 e. The molecular formula is C20H14ClF2NO4. The van der Waals surface area contributed by atoms with Crippen LogP contribution in [0.5, 0.6) is 0 Å². The van der Waals surface area contributed by atoms with Crippen LogP contribution in [-0.2, 0) is 9.53 Å². The summed E-state index contributed by atoms with van der Waals surface area (Å²) in [6, 6.07) is 12.5. The van der Waals surface area contributed by atoms with Crippen molar-refractivity contribution in [2.75, 3.05) is 5.32 Å². The molecule has 3 rings (SSSR count). The van der Waals surface area contributed by atoms with Gasteiger partial charge in [0.2, 0.25) is 5.76 Å². The molecule has 0 radical (unpaired) electrons. The van der Waals surface area contributed by atoms with E-state index in [1.54, 1.807) is 30.3 Å². The highest BCUT2D eigenvalue weighted by Gasteiger charge is 2.22. The minimum atomic E-state index is -1.27. The Balaban J connectivity index is 1.66. The number of esters is 1. The Hall–Kier alpha value is -3.19. The maximum atomic E-state index is 13.6. The normalized spacial score (nSPS) is 11.7. The van der Waals surface area contributed by atoms with Crippen LogP contribution in [0.25, 0.3) is 11.3 Å². The molecule has 0 fully saturated rings. The number of furan rings is 1. The van der Waals surface area contributed by atoms with Crippen LogP contribution in [0.3, 0.4) is 0 Å². The van der Waals surface area contributed by atoms with Crippen molar-refractivity contribution in [3.8, 4) is 11.3 Å². The van der Waals surface area contributed by atoms with E-state index in [0.717, 1.165) is 18.2 Å². The molecule has 0 saturated heterocycles. The molecule has 1 amide bonds. The summed E-state index contributed by atoms with van der Waals surface area (Å²) in [7, 11) is 0. The third kappa shape index (κ3) is 4.37. The number of carbonyl (C=O) groups excluding carboxylic acids is 2. The number of nitrogens with one attached hydrogen (secondary N) is 1. The Kier molecular flexibility index (Phi) is 5.75. The van der Waals surface area contributed by atoms with Crippen molar-refractivity contribution >= 4 is 29.2 Å². The van der Waals surface area contributed by atoms with Gasteiger partial charge in [0.15, 0.2) is 6.10 Å². The van der Waals surface area contributed by atoms with Crippen LogP contribution < -0.4 is 5.32 Å². The predicted molar refractivity (Wildman–Crippen MR) is 99.0 cm³/mol. The molecule has 1 atom stereocenters.